The van der Waals surface area contributed by atoms with E-state index in [0.717, 1.165) is 18.4 Å². The van der Waals surface area contributed by atoms with Gasteiger partial charge < -0.3 is 5.73 Å². The molecule has 0 aromatic carbocycles. The van der Waals surface area contributed by atoms with Crippen LogP contribution in [0.1, 0.15) is 19.3 Å². The molecule has 2 N–H and O–H groups in total. The van der Waals surface area contributed by atoms with Crippen molar-refractivity contribution in [3.05, 3.63) is 23.6 Å². The Morgan fingerprint density at radius 3 is 3.00 bits per heavy atom. The highest BCUT2D eigenvalue weighted by Gasteiger charge is 2.02. The molecule has 0 bridgehead atoms. The first-order valence-electron chi connectivity index (χ1n) is 3.58. The fraction of sp³-hybridized carbons (Fsp3) is 0.500. The van der Waals surface area contributed by atoms with Crippen LogP contribution < -0.4 is 5.73 Å². The van der Waals surface area contributed by atoms with Crippen LogP contribution in [0.4, 0.5) is 4.39 Å². The maximum Gasteiger partial charge on any atom is 0.100 e. The third-order valence-corrected chi connectivity index (χ3v) is 1.56. The van der Waals surface area contributed by atoms with Crippen LogP contribution in [-0.2, 0) is 0 Å². The van der Waals surface area contributed by atoms with Crippen LogP contribution >= 0.6 is 0 Å². The highest BCUT2D eigenvalue weighted by atomic mass is 19.1. The molecule has 0 radical (unpaired) electrons. The summed E-state index contributed by atoms with van der Waals surface area (Å²) < 4.78 is 12.5. The molecule has 0 fully saturated rings. The van der Waals surface area contributed by atoms with Gasteiger partial charge in [0.05, 0.1) is 0 Å². The molecule has 0 aromatic heterocycles. The van der Waals surface area contributed by atoms with E-state index in [1.54, 1.807) is 6.08 Å². The molecule has 0 amide bonds. The van der Waals surface area contributed by atoms with Crippen LogP contribution in [0.5, 0.6) is 0 Å². The molecule has 0 spiro atoms. The highest BCUT2D eigenvalue weighted by molar-refractivity contribution is 5.24. The van der Waals surface area contributed by atoms with Gasteiger partial charge in [0.25, 0.3) is 0 Å². The minimum atomic E-state index is -0.00838. The SMILES string of the molecule is NCCC1=CCCC(F)=C1. The van der Waals surface area contributed by atoms with Crippen LogP contribution in [0, 0.1) is 0 Å². The predicted octanol–water partition coefficient (Wildman–Crippen LogP) is 1.91. The zero-order valence-electron chi connectivity index (χ0n) is 5.94. The van der Waals surface area contributed by atoms with Gasteiger partial charge in [0.1, 0.15) is 5.83 Å². The Morgan fingerprint density at radius 2 is 2.40 bits per heavy atom. The number of hydrogen-bond acceptors (Lipinski definition) is 1. The second-order valence-electron chi connectivity index (χ2n) is 2.45. The summed E-state index contributed by atoms with van der Waals surface area (Å²) in [6, 6.07) is 0. The summed E-state index contributed by atoms with van der Waals surface area (Å²) in [6.45, 7) is 0.607. The lowest BCUT2D eigenvalue weighted by Crippen LogP contribution is -2.00. The quantitative estimate of drug-likeness (QED) is 0.624. The summed E-state index contributed by atoms with van der Waals surface area (Å²) in [7, 11) is 0. The van der Waals surface area contributed by atoms with Crippen LogP contribution in [0.2, 0.25) is 0 Å². The summed E-state index contributed by atoms with van der Waals surface area (Å²) in [5.74, 6) is -0.00838. The fourth-order valence-corrected chi connectivity index (χ4v) is 1.07. The molecule has 1 aliphatic carbocycles. The Hall–Kier alpha value is -0.630. The van der Waals surface area contributed by atoms with Gasteiger partial charge in [-0.2, -0.15) is 0 Å². The molecule has 56 valence electrons. The first-order valence-corrected chi connectivity index (χ1v) is 3.58. The van der Waals surface area contributed by atoms with E-state index in [9.17, 15) is 4.39 Å². The monoisotopic (exact) mass is 141 g/mol. The molecule has 0 saturated carbocycles. The number of nitrogens with two attached hydrogens (primary N) is 1. The average Bonchev–Trinajstić information content (AvgIpc) is 1.88. The zero-order chi connectivity index (χ0) is 7.40. The molecule has 10 heavy (non-hydrogen) atoms. The van der Waals surface area contributed by atoms with E-state index in [1.165, 1.54) is 0 Å². The van der Waals surface area contributed by atoms with Gasteiger partial charge in [0.15, 0.2) is 0 Å². The largest absolute Gasteiger partial charge is 0.330 e. The van der Waals surface area contributed by atoms with Gasteiger partial charge in [-0.05, 0) is 31.0 Å². The van der Waals surface area contributed by atoms with Gasteiger partial charge >= 0.3 is 0 Å². The van der Waals surface area contributed by atoms with Crippen LogP contribution in [0.25, 0.3) is 0 Å². The first-order chi connectivity index (χ1) is 4.83. The standard InChI is InChI=1S/C8H12FN/c9-8-3-1-2-7(6-8)4-5-10/h2,6H,1,3-5,10H2. The molecule has 0 unspecified atom stereocenters. The van der Waals surface area contributed by atoms with Gasteiger partial charge in [-0.1, -0.05) is 6.08 Å². The van der Waals surface area contributed by atoms with E-state index >= 15 is 0 Å². The predicted molar refractivity (Wildman–Crippen MR) is 40.2 cm³/mol. The summed E-state index contributed by atoms with van der Waals surface area (Å²) in [6.07, 6.45) is 5.84. The zero-order valence-corrected chi connectivity index (χ0v) is 5.94. The summed E-state index contributed by atoms with van der Waals surface area (Å²) >= 11 is 0. The third-order valence-electron chi connectivity index (χ3n) is 1.56. The van der Waals surface area contributed by atoms with Crippen molar-refractivity contribution in [3.63, 3.8) is 0 Å². The summed E-state index contributed by atoms with van der Waals surface area (Å²) in [5.41, 5.74) is 6.36. The molecule has 0 heterocycles. The van der Waals surface area contributed by atoms with E-state index in [4.69, 9.17) is 5.73 Å². The van der Waals surface area contributed by atoms with Gasteiger partial charge in [0.2, 0.25) is 0 Å². The van der Waals surface area contributed by atoms with Crippen molar-refractivity contribution in [1.29, 1.82) is 0 Å². The Kier molecular flexibility index (Phi) is 2.63. The van der Waals surface area contributed by atoms with Crippen molar-refractivity contribution in [2.75, 3.05) is 6.54 Å². The van der Waals surface area contributed by atoms with Crippen LogP contribution in [-0.4, -0.2) is 6.54 Å². The number of halogens is 1. The molecule has 0 aromatic rings. The number of rotatable bonds is 2. The molecular weight excluding hydrogens is 129 g/mol. The molecule has 1 rings (SSSR count). The Morgan fingerprint density at radius 1 is 1.60 bits per heavy atom. The maximum absolute atomic E-state index is 12.5. The van der Waals surface area contributed by atoms with Crippen molar-refractivity contribution in [2.45, 2.75) is 19.3 Å². The van der Waals surface area contributed by atoms with Gasteiger partial charge in [-0.3, -0.25) is 0 Å². The molecule has 0 saturated heterocycles. The molecule has 2 heteroatoms. The van der Waals surface area contributed by atoms with Gasteiger partial charge in [-0.25, -0.2) is 4.39 Å². The lowest BCUT2D eigenvalue weighted by Gasteiger charge is -2.06. The smallest absolute Gasteiger partial charge is 0.100 e. The second-order valence-corrected chi connectivity index (χ2v) is 2.45. The normalized spacial score (nSPS) is 18.2. The number of hydrogen-bond donors (Lipinski definition) is 1. The van der Waals surface area contributed by atoms with Crippen molar-refractivity contribution in [1.82, 2.24) is 0 Å². The van der Waals surface area contributed by atoms with E-state index in [-0.39, 0.29) is 5.83 Å². The van der Waals surface area contributed by atoms with Gasteiger partial charge in [0, 0.05) is 6.42 Å². The molecular formula is C8H12FN. The van der Waals surface area contributed by atoms with E-state index in [2.05, 4.69) is 6.08 Å². The first kappa shape index (κ1) is 7.48. The third kappa shape index (κ3) is 1.95. The number of allylic oxidation sites excluding steroid dienone is 3. The summed E-state index contributed by atoms with van der Waals surface area (Å²) in [5, 5.41) is 0. The minimum Gasteiger partial charge on any atom is -0.330 e. The average molecular weight is 141 g/mol. The van der Waals surface area contributed by atoms with E-state index in [1.807, 2.05) is 0 Å². The maximum atomic E-state index is 12.5. The lowest BCUT2D eigenvalue weighted by molar-refractivity contribution is 0.583. The van der Waals surface area contributed by atoms with Gasteiger partial charge in [-0.15, -0.1) is 0 Å². The molecule has 0 aliphatic heterocycles. The molecule has 1 nitrogen and oxygen atoms in total. The van der Waals surface area contributed by atoms with E-state index in [0.29, 0.717) is 13.0 Å². The van der Waals surface area contributed by atoms with Crippen molar-refractivity contribution in [3.8, 4) is 0 Å². The van der Waals surface area contributed by atoms with Crippen LogP contribution in [0.15, 0.2) is 23.6 Å². The topological polar surface area (TPSA) is 26.0 Å². The Bertz CT molecular complexity index is 170. The minimum absolute atomic E-state index is 0.00838. The Balaban J connectivity index is 2.51. The second kappa shape index (κ2) is 3.52. The van der Waals surface area contributed by atoms with Crippen LogP contribution in [0.3, 0.4) is 0 Å². The Labute approximate surface area is 60.4 Å². The van der Waals surface area contributed by atoms with Crippen molar-refractivity contribution >= 4 is 0 Å². The lowest BCUT2D eigenvalue weighted by atomic mass is 10.0. The molecule has 0 atom stereocenters. The van der Waals surface area contributed by atoms with Crippen molar-refractivity contribution < 1.29 is 4.39 Å². The highest BCUT2D eigenvalue weighted by Crippen LogP contribution is 2.19. The van der Waals surface area contributed by atoms with Crippen molar-refractivity contribution in [2.24, 2.45) is 5.73 Å². The summed E-state index contributed by atoms with van der Waals surface area (Å²) in [4.78, 5) is 0. The fourth-order valence-electron chi connectivity index (χ4n) is 1.07. The molecule has 1 aliphatic rings. The van der Waals surface area contributed by atoms with E-state index < -0.39 is 0 Å².